The molecule has 0 radical (unpaired) electrons. The topological polar surface area (TPSA) is 63.4 Å². The van der Waals surface area contributed by atoms with Gasteiger partial charge in [-0.25, -0.2) is 4.52 Å². The van der Waals surface area contributed by atoms with E-state index in [-0.39, 0.29) is 12.0 Å². The Morgan fingerprint density at radius 3 is 2.83 bits per heavy atom. The van der Waals surface area contributed by atoms with Gasteiger partial charge in [0, 0.05) is 24.8 Å². The fourth-order valence-corrected chi connectivity index (χ4v) is 3.18. The molecule has 0 aromatic carbocycles. The van der Waals surface area contributed by atoms with Gasteiger partial charge >= 0.3 is 6.18 Å². The molecule has 124 valence electrons. The van der Waals surface area contributed by atoms with Crippen LogP contribution in [0.1, 0.15) is 36.0 Å². The highest BCUT2D eigenvalue weighted by Gasteiger charge is 2.47. The molecule has 2 aromatic rings. The van der Waals surface area contributed by atoms with E-state index in [1.54, 1.807) is 0 Å². The van der Waals surface area contributed by atoms with Gasteiger partial charge in [-0.15, -0.1) is 5.10 Å². The van der Waals surface area contributed by atoms with Crippen molar-refractivity contribution in [3.8, 4) is 0 Å². The van der Waals surface area contributed by atoms with Crippen LogP contribution in [0.4, 0.5) is 13.2 Å². The molecule has 6 nitrogen and oxygen atoms in total. The first-order chi connectivity index (χ1) is 10.9. The Kier molecular flexibility index (Phi) is 3.95. The van der Waals surface area contributed by atoms with Gasteiger partial charge in [-0.05, 0) is 35.4 Å². The Balaban J connectivity index is 1.85. The van der Waals surface area contributed by atoms with Crippen LogP contribution in [-0.2, 0) is 0 Å². The molecule has 0 saturated heterocycles. The summed E-state index contributed by atoms with van der Waals surface area (Å²) in [7, 11) is 1.43. The smallest absolute Gasteiger partial charge is 0.338 e. The first-order valence-corrected chi connectivity index (χ1v) is 7.39. The van der Waals surface area contributed by atoms with Crippen molar-refractivity contribution >= 4 is 11.6 Å². The third-order valence-corrected chi connectivity index (χ3v) is 4.41. The van der Waals surface area contributed by atoms with Crippen molar-refractivity contribution in [2.75, 3.05) is 7.05 Å². The van der Waals surface area contributed by atoms with Gasteiger partial charge in [0.15, 0.2) is 5.65 Å². The molecular weight excluding hydrogens is 311 g/mol. The summed E-state index contributed by atoms with van der Waals surface area (Å²) in [4.78, 5) is 13.8. The highest BCUT2D eigenvalue weighted by Crippen LogP contribution is 2.40. The monoisotopic (exact) mass is 327 g/mol. The normalized spacial score (nSPS) is 22.3. The minimum Gasteiger partial charge on any atom is -0.338 e. The predicted octanol–water partition coefficient (Wildman–Crippen LogP) is 2.32. The van der Waals surface area contributed by atoms with Gasteiger partial charge in [0.05, 0.1) is 5.92 Å². The van der Waals surface area contributed by atoms with Crippen LogP contribution in [0.2, 0.25) is 0 Å². The van der Waals surface area contributed by atoms with Crippen LogP contribution in [0.25, 0.3) is 5.65 Å². The first kappa shape index (κ1) is 15.7. The molecule has 2 atom stereocenters. The highest BCUT2D eigenvalue weighted by atomic mass is 19.4. The molecule has 1 aliphatic carbocycles. The summed E-state index contributed by atoms with van der Waals surface area (Å²) < 4.78 is 41.0. The summed E-state index contributed by atoms with van der Waals surface area (Å²) in [6.45, 7) is 0. The number of carbonyl (C=O) groups excluding carboxylic acids is 1. The van der Waals surface area contributed by atoms with E-state index in [0.717, 1.165) is 0 Å². The van der Waals surface area contributed by atoms with Gasteiger partial charge in [0.25, 0.3) is 5.91 Å². The second-order valence-electron chi connectivity index (χ2n) is 5.81. The second kappa shape index (κ2) is 5.78. The van der Waals surface area contributed by atoms with E-state index in [2.05, 4.69) is 15.5 Å². The predicted molar refractivity (Wildman–Crippen MR) is 74.7 cm³/mol. The largest absolute Gasteiger partial charge is 0.393 e. The summed E-state index contributed by atoms with van der Waals surface area (Å²) in [6.07, 6.45) is -1.11. The quantitative estimate of drug-likeness (QED) is 0.849. The molecule has 1 amide bonds. The SMILES string of the molecule is CN(C(=O)c1ccn2nnnc2c1)[C@H]1CCCC[C@H]1C(F)(F)F. The minimum atomic E-state index is -4.29. The Labute approximate surface area is 130 Å². The Morgan fingerprint density at radius 1 is 1.35 bits per heavy atom. The van der Waals surface area contributed by atoms with Gasteiger partial charge in [-0.3, -0.25) is 4.79 Å². The number of carbonyl (C=O) groups is 1. The van der Waals surface area contributed by atoms with Crippen LogP contribution in [0.5, 0.6) is 0 Å². The zero-order valence-electron chi connectivity index (χ0n) is 12.5. The lowest BCUT2D eigenvalue weighted by molar-refractivity contribution is -0.195. The van der Waals surface area contributed by atoms with Crippen molar-refractivity contribution in [1.82, 2.24) is 24.9 Å². The number of alkyl halides is 3. The number of halogens is 3. The van der Waals surface area contributed by atoms with Crippen molar-refractivity contribution in [3.05, 3.63) is 23.9 Å². The molecule has 1 aliphatic rings. The number of amides is 1. The van der Waals surface area contributed by atoms with Crippen molar-refractivity contribution < 1.29 is 18.0 Å². The van der Waals surface area contributed by atoms with Crippen LogP contribution in [0.15, 0.2) is 18.3 Å². The van der Waals surface area contributed by atoms with E-state index in [1.807, 2.05) is 0 Å². The maximum atomic E-state index is 13.2. The van der Waals surface area contributed by atoms with E-state index in [4.69, 9.17) is 0 Å². The average molecular weight is 327 g/mol. The molecule has 2 heterocycles. The van der Waals surface area contributed by atoms with Crippen molar-refractivity contribution in [2.24, 2.45) is 5.92 Å². The molecule has 23 heavy (non-hydrogen) atoms. The van der Waals surface area contributed by atoms with Crippen LogP contribution in [-0.4, -0.2) is 50.1 Å². The molecule has 0 N–H and O–H groups in total. The van der Waals surface area contributed by atoms with Crippen LogP contribution in [0, 0.1) is 5.92 Å². The van der Waals surface area contributed by atoms with Crippen molar-refractivity contribution in [2.45, 2.75) is 37.9 Å². The third kappa shape index (κ3) is 2.99. The summed E-state index contributed by atoms with van der Waals surface area (Å²) >= 11 is 0. The number of rotatable bonds is 2. The summed E-state index contributed by atoms with van der Waals surface area (Å²) in [5.41, 5.74) is 0.654. The van der Waals surface area contributed by atoms with E-state index in [9.17, 15) is 18.0 Å². The molecule has 3 rings (SSSR count). The number of hydrogen-bond acceptors (Lipinski definition) is 4. The standard InChI is InChI=1S/C14H16F3N5O/c1-21(11-5-3-2-4-10(11)14(15,16)17)13(23)9-6-7-22-12(8-9)18-19-20-22/h6-8,10-11H,2-5H2,1H3/t10-,11+/m1/s1. The molecule has 9 heteroatoms. The molecule has 0 aliphatic heterocycles. The van der Waals surface area contributed by atoms with Gasteiger partial charge in [-0.2, -0.15) is 13.2 Å². The Morgan fingerprint density at radius 2 is 2.09 bits per heavy atom. The zero-order chi connectivity index (χ0) is 16.6. The summed E-state index contributed by atoms with van der Waals surface area (Å²) in [6, 6.07) is 2.15. The molecule has 0 spiro atoms. The number of nitrogens with zero attached hydrogens (tertiary/aromatic N) is 5. The molecule has 0 bridgehead atoms. The first-order valence-electron chi connectivity index (χ1n) is 7.39. The maximum Gasteiger partial charge on any atom is 0.393 e. The number of hydrogen-bond donors (Lipinski definition) is 0. The van der Waals surface area contributed by atoms with Crippen LogP contribution in [0.3, 0.4) is 0 Å². The highest BCUT2D eigenvalue weighted by molar-refractivity contribution is 5.95. The van der Waals surface area contributed by atoms with E-state index in [1.165, 1.54) is 34.8 Å². The van der Waals surface area contributed by atoms with Gasteiger partial charge in [0.1, 0.15) is 0 Å². The van der Waals surface area contributed by atoms with Crippen LogP contribution >= 0.6 is 0 Å². The fraction of sp³-hybridized carbons (Fsp3) is 0.571. The number of aromatic nitrogens is 4. The lowest BCUT2D eigenvalue weighted by Crippen LogP contribution is -2.48. The second-order valence-corrected chi connectivity index (χ2v) is 5.81. The zero-order valence-corrected chi connectivity index (χ0v) is 12.5. The summed E-state index contributed by atoms with van der Waals surface area (Å²) in [5.74, 6) is -1.92. The third-order valence-electron chi connectivity index (χ3n) is 4.41. The Hall–Kier alpha value is -2.19. The van der Waals surface area contributed by atoms with Crippen molar-refractivity contribution in [1.29, 1.82) is 0 Å². The average Bonchev–Trinajstić information content (AvgIpc) is 3.00. The number of tetrazole rings is 1. The van der Waals surface area contributed by atoms with Crippen molar-refractivity contribution in [3.63, 3.8) is 0 Å². The lowest BCUT2D eigenvalue weighted by atomic mass is 9.83. The lowest BCUT2D eigenvalue weighted by Gasteiger charge is -2.38. The maximum absolute atomic E-state index is 13.2. The molecule has 1 saturated carbocycles. The summed E-state index contributed by atoms with van der Waals surface area (Å²) in [5, 5.41) is 10.9. The molecule has 0 unspecified atom stereocenters. The van der Waals surface area contributed by atoms with Gasteiger partial charge < -0.3 is 4.90 Å². The van der Waals surface area contributed by atoms with Gasteiger partial charge in [0.2, 0.25) is 0 Å². The van der Waals surface area contributed by atoms with E-state index >= 15 is 0 Å². The number of fused-ring (bicyclic) bond motifs is 1. The molecule has 2 aromatic heterocycles. The molecular formula is C14H16F3N5O. The number of pyridine rings is 1. The van der Waals surface area contributed by atoms with E-state index < -0.39 is 24.0 Å². The van der Waals surface area contributed by atoms with Gasteiger partial charge in [-0.1, -0.05) is 12.8 Å². The Bertz CT molecular complexity index is 714. The van der Waals surface area contributed by atoms with E-state index in [0.29, 0.717) is 24.9 Å². The minimum absolute atomic E-state index is 0.0684. The van der Waals surface area contributed by atoms with Crippen LogP contribution < -0.4 is 0 Å². The fourth-order valence-electron chi connectivity index (χ4n) is 3.18. The molecule has 1 fully saturated rings.